The van der Waals surface area contributed by atoms with E-state index in [9.17, 15) is 0 Å². The standard InChI is InChI=1S/C7H17N3/c1-6(8)4-2-3-5-7(9)10/h6H,2-5,8H2,1H3,(H3,9,10)/p+2/t6-/m1/s1. The van der Waals surface area contributed by atoms with Gasteiger partial charge < -0.3 is 5.73 Å². The monoisotopic (exact) mass is 145 g/mol. The summed E-state index contributed by atoms with van der Waals surface area (Å²) < 4.78 is 0. The van der Waals surface area contributed by atoms with Crippen molar-refractivity contribution in [3.63, 3.8) is 0 Å². The molecule has 60 valence electrons. The Balaban J connectivity index is 2.98. The van der Waals surface area contributed by atoms with Crippen molar-refractivity contribution in [2.45, 2.75) is 38.6 Å². The first-order valence-electron chi connectivity index (χ1n) is 3.82. The molecule has 10 heavy (non-hydrogen) atoms. The van der Waals surface area contributed by atoms with Gasteiger partial charge in [-0.1, -0.05) is 0 Å². The van der Waals surface area contributed by atoms with Crippen molar-refractivity contribution in [1.29, 1.82) is 0 Å². The molecule has 3 nitrogen and oxygen atoms in total. The van der Waals surface area contributed by atoms with Crippen LogP contribution >= 0.6 is 0 Å². The lowest BCUT2D eigenvalue weighted by molar-refractivity contribution is -0.415. The molecule has 0 aromatic carbocycles. The van der Waals surface area contributed by atoms with Crippen molar-refractivity contribution in [1.82, 2.24) is 0 Å². The minimum absolute atomic E-state index is 0.553. The van der Waals surface area contributed by atoms with E-state index in [0.29, 0.717) is 11.9 Å². The van der Waals surface area contributed by atoms with Crippen molar-refractivity contribution < 1.29 is 11.1 Å². The van der Waals surface area contributed by atoms with Crippen LogP contribution in [-0.4, -0.2) is 11.9 Å². The summed E-state index contributed by atoms with van der Waals surface area (Å²) in [6.07, 6.45) is 4.31. The first kappa shape index (κ1) is 9.43. The third-order valence-electron chi connectivity index (χ3n) is 1.41. The van der Waals surface area contributed by atoms with E-state index in [0.717, 1.165) is 12.8 Å². The Morgan fingerprint density at radius 1 is 1.60 bits per heavy atom. The fourth-order valence-corrected chi connectivity index (χ4v) is 0.822. The molecule has 0 rings (SSSR count). The minimum Gasteiger partial charge on any atom is -0.355 e. The molecule has 0 unspecified atom stereocenters. The third-order valence-corrected chi connectivity index (χ3v) is 1.41. The summed E-state index contributed by atoms with van der Waals surface area (Å²) >= 11 is 0. The van der Waals surface area contributed by atoms with Gasteiger partial charge in [0.1, 0.15) is 0 Å². The highest BCUT2D eigenvalue weighted by Crippen LogP contribution is 1.99. The molecule has 7 N–H and O–H groups in total. The smallest absolute Gasteiger partial charge is 0.238 e. The molecule has 0 saturated heterocycles. The van der Waals surface area contributed by atoms with Gasteiger partial charge in [-0.05, 0) is 26.2 Å². The summed E-state index contributed by atoms with van der Waals surface area (Å²) in [6, 6.07) is 0.555. The van der Waals surface area contributed by atoms with E-state index in [1.165, 1.54) is 12.8 Å². The molecular weight excluding hydrogens is 126 g/mol. The van der Waals surface area contributed by atoms with Crippen LogP contribution in [0.15, 0.2) is 0 Å². The third kappa shape index (κ3) is 7.43. The van der Waals surface area contributed by atoms with Crippen LogP contribution in [0.25, 0.3) is 0 Å². The number of quaternary nitrogens is 1. The van der Waals surface area contributed by atoms with Gasteiger partial charge in [0.25, 0.3) is 0 Å². The second-order valence-electron chi connectivity index (χ2n) is 2.93. The molecule has 0 aliphatic rings. The maximum Gasteiger partial charge on any atom is 0.238 e. The van der Waals surface area contributed by atoms with E-state index < -0.39 is 0 Å². The first-order chi connectivity index (χ1) is 4.63. The van der Waals surface area contributed by atoms with Gasteiger partial charge in [0.05, 0.1) is 6.04 Å². The SMILES string of the molecule is C[C@@H]([NH3+])CCCCC(N)=[NH2+]. The van der Waals surface area contributed by atoms with Crippen molar-refractivity contribution >= 4 is 5.84 Å². The van der Waals surface area contributed by atoms with Crippen LogP contribution in [0.5, 0.6) is 0 Å². The normalized spacial score (nSPS) is 13.0. The zero-order valence-corrected chi connectivity index (χ0v) is 6.77. The second-order valence-corrected chi connectivity index (χ2v) is 2.93. The second kappa shape index (κ2) is 5.23. The molecule has 0 amide bonds. The lowest BCUT2D eigenvalue weighted by Crippen LogP contribution is -2.58. The molecule has 1 atom stereocenters. The Kier molecular flexibility index (Phi) is 4.94. The fourth-order valence-electron chi connectivity index (χ4n) is 0.822. The molecule has 3 heteroatoms. The van der Waals surface area contributed by atoms with E-state index in [1.54, 1.807) is 0 Å². The van der Waals surface area contributed by atoms with Crippen LogP contribution in [0.4, 0.5) is 0 Å². The summed E-state index contributed by atoms with van der Waals surface area (Å²) in [4.78, 5) is 0. The zero-order valence-electron chi connectivity index (χ0n) is 6.77. The Morgan fingerprint density at radius 3 is 2.60 bits per heavy atom. The number of rotatable bonds is 5. The van der Waals surface area contributed by atoms with E-state index in [2.05, 4.69) is 12.7 Å². The Hall–Kier alpha value is -0.570. The molecule has 0 aliphatic heterocycles. The van der Waals surface area contributed by atoms with Crippen LogP contribution in [0, 0.1) is 0 Å². The van der Waals surface area contributed by atoms with Gasteiger partial charge in [0.15, 0.2) is 0 Å². The van der Waals surface area contributed by atoms with Gasteiger partial charge in [0.2, 0.25) is 5.84 Å². The summed E-state index contributed by atoms with van der Waals surface area (Å²) in [5, 5.41) is 5.29. The van der Waals surface area contributed by atoms with E-state index in [4.69, 9.17) is 11.1 Å². The lowest BCUT2D eigenvalue weighted by Gasteiger charge is -1.98. The Labute approximate surface area is 62.3 Å². The molecule has 0 aliphatic carbocycles. The molecule has 0 bridgehead atoms. The van der Waals surface area contributed by atoms with Gasteiger partial charge in [-0.15, -0.1) is 0 Å². The van der Waals surface area contributed by atoms with Crippen LogP contribution in [0.2, 0.25) is 0 Å². The molecule has 0 saturated carbocycles. The zero-order chi connectivity index (χ0) is 7.98. The van der Waals surface area contributed by atoms with E-state index in [-0.39, 0.29) is 0 Å². The quantitative estimate of drug-likeness (QED) is 0.240. The summed E-state index contributed by atoms with van der Waals surface area (Å²) in [7, 11) is 0. The Bertz CT molecular complexity index is 99.0. The maximum atomic E-state index is 5.29. The van der Waals surface area contributed by atoms with Gasteiger partial charge in [-0.3, -0.25) is 11.1 Å². The molecule has 0 aromatic heterocycles. The van der Waals surface area contributed by atoms with Crippen molar-refractivity contribution in [3.8, 4) is 0 Å². The predicted octanol–water partition coefficient (Wildman–Crippen LogP) is -1.71. The molecule has 0 fully saturated rings. The van der Waals surface area contributed by atoms with Crippen molar-refractivity contribution in [3.05, 3.63) is 0 Å². The average Bonchev–Trinajstić information content (AvgIpc) is 1.79. The van der Waals surface area contributed by atoms with Gasteiger partial charge in [-0.25, -0.2) is 0 Å². The van der Waals surface area contributed by atoms with Gasteiger partial charge >= 0.3 is 0 Å². The minimum atomic E-state index is 0.553. The maximum absolute atomic E-state index is 5.29. The highest BCUT2D eigenvalue weighted by atomic mass is 14.7. The molecular formula is C7H19N3+2. The fraction of sp³-hybridized carbons (Fsp3) is 0.857. The van der Waals surface area contributed by atoms with Crippen molar-refractivity contribution in [2.75, 3.05) is 0 Å². The molecule has 0 aromatic rings. The highest BCUT2D eigenvalue weighted by Gasteiger charge is 1.99. The number of amidine groups is 1. The van der Waals surface area contributed by atoms with Crippen LogP contribution in [-0.2, 0) is 0 Å². The van der Waals surface area contributed by atoms with Gasteiger partial charge in [-0.2, -0.15) is 0 Å². The number of unbranched alkanes of at least 4 members (excludes halogenated alkanes) is 1. The highest BCUT2D eigenvalue weighted by molar-refractivity contribution is 5.73. The Morgan fingerprint density at radius 2 is 2.20 bits per heavy atom. The van der Waals surface area contributed by atoms with E-state index >= 15 is 0 Å². The average molecular weight is 145 g/mol. The first-order valence-corrected chi connectivity index (χ1v) is 3.82. The molecule has 0 spiro atoms. The molecule has 0 radical (unpaired) electrons. The number of nitrogens with two attached hydrogens (primary N) is 2. The van der Waals surface area contributed by atoms with Crippen LogP contribution in [0.1, 0.15) is 32.6 Å². The van der Waals surface area contributed by atoms with Gasteiger partial charge in [0, 0.05) is 6.42 Å². The largest absolute Gasteiger partial charge is 0.355 e. The summed E-state index contributed by atoms with van der Waals surface area (Å²) in [6.45, 7) is 2.12. The lowest BCUT2D eigenvalue weighted by atomic mass is 10.1. The van der Waals surface area contributed by atoms with Crippen LogP contribution < -0.4 is 16.9 Å². The summed E-state index contributed by atoms with van der Waals surface area (Å²) in [5.41, 5.74) is 9.17. The summed E-state index contributed by atoms with van der Waals surface area (Å²) in [5.74, 6) is 0.553. The number of hydrogen-bond acceptors (Lipinski definition) is 0. The van der Waals surface area contributed by atoms with Crippen LogP contribution in [0.3, 0.4) is 0 Å². The van der Waals surface area contributed by atoms with E-state index in [1.807, 2.05) is 0 Å². The van der Waals surface area contributed by atoms with Crippen molar-refractivity contribution in [2.24, 2.45) is 5.73 Å². The molecule has 0 heterocycles. The number of hydrogen-bond donors (Lipinski definition) is 3. The topological polar surface area (TPSA) is 79.2 Å². The predicted molar refractivity (Wildman–Crippen MR) is 41.9 cm³/mol.